The molecule has 2 N–H and O–H groups in total. The minimum absolute atomic E-state index is 0.0751. The molecule has 0 bridgehead atoms. The van der Waals surface area contributed by atoms with Gasteiger partial charge >= 0.3 is 0 Å². The van der Waals surface area contributed by atoms with Crippen LogP contribution in [0.15, 0.2) is 46.9 Å². The van der Waals surface area contributed by atoms with Crippen molar-refractivity contribution in [2.75, 3.05) is 6.61 Å². The van der Waals surface area contributed by atoms with Gasteiger partial charge in [-0.1, -0.05) is 0 Å². The molecule has 0 heterocycles. The zero-order valence-electron chi connectivity index (χ0n) is 14.2. The molecular weight excluding hydrogens is 407 g/mol. The fraction of sp³-hybridized carbons (Fsp3) is 0.222. The molecule has 0 saturated carbocycles. The van der Waals surface area contributed by atoms with Gasteiger partial charge in [-0.25, -0.2) is 4.39 Å². The molecule has 0 spiro atoms. The number of rotatable bonds is 6. The van der Waals surface area contributed by atoms with Crippen LogP contribution in [-0.2, 0) is 4.79 Å². The van der Waals surface area contributed by atoms with Crippen LogP contribution in [0.1, 0.15) is 24.2 Å². The van der Waals surface area contributed by atoms with Crippen molar-refractivity contribution < 1.29 is 23.5 Å². The van der Waals surface area contributed by atoms with Crippen molar-refractivity contribution in [2.45, 2.75) is 20.0 Å². The number of benzene rings is 2. The lowest BCUT2D eigenvalue weighted by molar-refractivity contribution is -0.128. The van der Waals surface area contributed by atoms with Crippen LogP contribution in [0.5, 0.6) is 11.5 Å². The summed E-state index contributed by atoms with van der Waals surface area (Å²) in [6.45, 7) is 3.98. The summed E-state index contributed by atoms with van der Waals surface area (Å²) >= 11 is 3.00. The zero-order valence-corrected chi connectivity index (χ0v) is 15.8. The van der Waals surface area contributed by atoms with Gasteiger partial charge in [0.05, 0.1) is 11.1 Å². The highest BCUT2D eigenvalue weighted by molar-refractivity contribution is 9.10. The fourth-order valence-electron chi connectivity index (χ4n) is 1.97. The molecule has 26 heavy (non-hydrogen) atoms. The van der Waals surface area contributed by atoms with Crippen molar-refractivity contribution in [1.29, 1.82) is 0 Å². The van der Waals surface area contributed by atoms with E-state index in [9.17, 15) is 14.0 Å². The van der Waals surface area contributed by atoms with Gasteiger partial charge in [-0.3, -0.25) is 20.4 Å². The molecule has 0 aromatic heterocycles. The minimum Gasteiger partial charge on any atom is -0.494 e. The summed E-state index contributed by atoms with van der Waals surface area (Å²) in [6.07, 6.45) is -0.852. The number of amides is 2. The molecule has 1 unspecified atom stereocenters. The summed E-state index contributed by atoms with van der Waals surface area (Å²) in [5, 5.41) is 0. The van der Waals surface area contributed by atoms with Crippen molar-refractivity contribution in [1.82, 2.24) is 10.9 Å². The predicted molar refractivity (Wildman–Crippen MR) is 97.4 cm³/mol. The lowest BCUT2D eigenvalue weighted by Gasteiger charge is -2.15. The Morgan fingerprint density at radius 1 is 1.12 bits per heavy atom. The van der Waals surface area contributed by atoms with Crippen LogP contribution in [0.4, 0.5) is 4.39 Å². The first kappa shape index (κ1) is 19.7. The zero-order chi connectivity index (χ0) is 19.1. The third-order valence-corrected chi connectivity index (χ3v) is 3.94. The van der Waals surface area contributed by atoms with E-state index >= 15 is 0 Å². The van der Waals surface area contributed by atoms with Crippen LogP contribution < -0.4 is 20.3 Å². The van der Waals surface area contributed by atoms with Gasteiger partial charge in [0, 0.05) is 5.56 Å². The molecule has 0 aliphatic heterocycles. The van der Waals surface area contributed by atoms with E-state index in [1.165, 1.54) is 19.1 Å². The van der Waals surface area contributed by atoms with Gasteiger partial charge in [-0.15, -0.1) is 0 Å². The Morgan fingerprint density at radius 2 is 1.77 bits per heavy atom. The summed E-state index contributed by atoms with van der Waals surface area (Å²) in [4.78, 5) is 23.9. The Morgan fingerprint density at radius 3 is 2.38 bits per heavy atom. The number of carbonyl (C=O) groups is 2. The SMILES string of the molecule is CCOc1ccc(OC(C)C(=O)NNC(=O)c2ccc(Br)c(F)c2)cc1. The minimum atomic E-state index is -0.852. The Bertz CT molecular complexity index is 783. The Balaban J connectivity index is 1.86. The Hall–Kier alpha value is -2.61. The molecule has 2 aromatic carbocycles. The predicted octanol–water partition coefficient (Wildman–Crippen LogP) is 3.22. The average Bonchev–Trinajstić information content (AvgIpc) is 2.63. The maximum absolute atomic E-state index is 13.4. The summed E-state index contributed by atoms with van der Waals surface area (Å²) in [6, 6.07) is 10.7. The van der Waals surface area contributed by atoms with Crippen molar-refractivity contribution in [3.05, 3.63) is 58.3 Å². The average molecular weight is 425 g/mol. The van der Waals surface area contributed by atoms with E-state index in [-0.39, 0.29) is 10.0 Å². The number of halogens is 2. The van der Waals surface area contributed by atoms with Crippen LogP contribution in [0, 0.1) is 5.82 Å². The van der Waals surface area contributed by atoms with E-state index < -0.39 is 23.7 Å². The number of carbonyl (C=O) groups excluding carboxylic acids is 2. The third kappa shape index (κ3) is 5.45. The van der Waals surface area contributed by atoms with Gasteiger partial charge in [-0.05, 0) is 72.2 Å². The van der Waals surface area contributed by atoms with Gasteiger partial charge in [0.25, 0.3) is 11.8 Å². The van der Waals surface area contributed by atoms with Gasteiger partial charge in [0.2, 0.25) is 0 Å². The second-order valence-electron chi connectivity index (χ2n) is 5.24. The highest BCUT2D eigenvalue weighted by Crippen LogP contribution is 2.19. The fourth-order valence-corrected chi connectivity index (χ4v) is 2.21. The van der Waals surface area contributed by atoms with Gasteiger partial charge in [0.1, 0.15) is 17.3 Å². The molecule has 0 aliphatic rings. The molecule has 0 radical (unpaired) electrons. The normalized spacial score (nSPS) is 11.4. The monoisotopic (exact) mass is 424 g/mol. The molecule has 138 valence electrons. The lowest BCUT2D eigenvalue weighted by Crippen LogP contribution is -2.47. The standard InChI is InChI=1S/C18H18BrFN2O4/c1-3-25-13-5-7-14(8-6-13)26-11(2)17(23)21-22-18(24)12-4-9-15(19)16(20)10-12/h4-11H,3H2,1-2H3,(H,21,23)(H,22,24). The highest BCUT2D eigenvalue weighted by Gasteiger charge is 2.16. The van der Waals surface area contributed by atoms with E-state index in [0.717, 1.165) is 6.07 Å². The quantitative estimate of drug-likeness (QED) is 0.697. The summed E-state index contributed by atoms with van der Waals surface area (Å²) in [5.41, 5.74) is 4.54. The van der Waals surface area contributed by atoms with Crippen LogP contribution >= 0.6 is 15.9 Å². The van der Waals surface area contributed by atoms with E-state index in [2.05, 4.69) is 26.8 Å². The summed E-state index contributed by atoms with van der Waals surface area (Å²) < 4.78 is 24.5. The molecule has 2 amide bonds. The highest BCUT2D eigenvalue weighted by atomic mass is 79.9. The van der Waals surface area contributed by atoms with Gasteiger partial charge in [-0.2, -0.15) is 0 Å². The summed E-state index contributed by atoms with van der Waals surface area (Å²) in [7, 11) is 0. The van der Waals surface area contributed by atoms with Gasteiger partial charge in [0.15, 0.2) is 6.10 Å². The number of hydrogen-bond donors (Lipinski definition) is 2. The first-order chi connectivity index (χ1) is 12.4. The number of hydrogen-bond acceptors (Lipinski definition) is 4. The van der Waals surface area contributed by atoms with Crippen molar-refractivity contribution in [3.8, 4) is 11.5 Å². The topological polar surface area (TPSA) is 76.7 Å². The van der Waals surface area contributed by atoms with Crippen LogP contribution in [-0.4, -0.2) is 24.5 Å². The Kier molecular flexibility index (Phi) is 6.97. The van der Waals surface area contributed by atoms with Crippen molar-refractivity contribution >= 4 is 27.7 Å². The number of ether oxygens (including phenoxy) is 2. The van der Waals surface area contributed by atoms with Gasteiger partial charge < -0.3 is 9.47 Å². The van der Waals surface area contributed by atoms with E-state index in [1.807, 2.05) is 6.92 Å². The van der Waals surface area contributed by atoms with Crippen LogP contribution in [0.2, 0.25) is 0 Å². The third-order valence-electron chi connectivity index (χ3n) is 3.30. The number of hydrazine groups is 1. The second kappa shape index (κ2) is 9.19. The molecule has 0 fully saturated rings. The smallest absolute Gasteiger partial charge is 0.279 e. The molecule has 2 aromatic rings. The van der Waals surface area contributed by atoms with E-state index in [4.69, 9.17) is 9.47 Å². The maximum Gasteiger partial charge on any atom is 0.279 e. The largest absolute Gasteiger partial charge is 0.494 e. The van der Waals surface area contributed by atoms with Crippen LogP contribution in [0.3, 0.4) is 0 Å². The van der Waals surface area contributed by atoms with Crippen molar-refractivity contribution in [3.63, 3.8) is 0 Å². The van der Waals surface area contributed by atoms with Crippen molar-refractivity contribution in [2.24, 2.45) is 0 Å². The van der Waals surface area contributed by atoms with E-state index in [1.54, 1.807) is 24.3 Å². The molecule has 1 atom stereocenters. The molecule has 0 saturated heterocycles. The summed E-state index contributed by atoms with van der Waals surface area (Å²) in [5.74, 6) is -0.581. The molecular formula is C18H18BrFN2O4. The first-order valence-corrected chi connectivity index (χ1v) is 8.64. The molecule has 8 heteroatoms. The van der Waals surface area contributed by atoms with E-state index in [0.29, 0.717) is 18.1 Å². The molecule has 2 rings (SSSR count). The lowest BCUT2D eigenvalue weighted by atomic mass is 10.2. The Labute approximate surface area is 158 Å². The second-order valence-corrected chi connectivity index (χ2v) is 6.09. The molecule has 6 nitrogen and oxygen atoms in total. The number of nitrogens with one attached hydrogen (secondary N) is 2. The van der Waals surface area contributed by atoms with Crippen LogP contribution in [0.25, 0.3) is 0 Å². The first-order valence-electron chi connectivity index (χ1n) is 7.85. The molecule has 0 aliphatic carbocycles. The maximum atomic E-state index is 13.4.